The van der Waals surface area contributed by atoms with Crippen molar-refractivity contribution < 1.29 is 0 Å². The number of thiophene rings is 2. The first-order chi connectivity index (χ1) is 19.7. The highest BCUT2D eigenvalue weighted by atomic mass is 35.5. The summed E-state index contributed by atoms with van der Waals surface area (Å²) in [6, 6.07) is 8.18. The number of aromatic nitrogens is 7. The molecule has 7 aromatic rings. The molecule has 12 heteroatoms. The number of halogens is 1. The van der Waals surface area contributed by atoms with Crippen LogP contribution in [0.3, 0.4) is 0 Å². The average Bonchev–Trinajstić information content (AvgIpc) is 3.69. The third-order valence-electron chi connectivity index (χ3n) is 6.64. The molecular weight excluding hydrogens is 574 g/mol. The van der Waals surface area contributed by atoms with E-state index in [1.165, 1.54) is 5.56 Å². The van der Waals surface area contributed by atoms with Crippen LogP contribution in [-0.2, 0) is 20.6 Å². The topological polar surface area (TPSA) is 112 Å². The second kappa shape index (κ2) is 11.6. The van der Waals surface area contributed by atoms with Gasteiger partial charge >= 0.3 is 0 Å². The number of aryl methyl sites for hydroxylation is 5. The summed E-state index contributed by atoms with van der Waals surface area (Å²) in [5.74, 6) is 1.47. The Morgan fingerprint density at radius 1 is 0.878 bits per heavy atom. The maximum atomic E-state index is 6.25. The first-order valence-corrected chi connectivity index (χ1v) is 15.3. The minimum atomic E-state index is 0.554. The van der Waals surface area contributed by atoms with E-state index in [-0.39, 0.29) is 0 Å². The molecule has 9 nitrogen and oxygen atoms in total. The van der Waals surface area contributed by atoms with Crippen molar-refractivity contribution in [2.24, 2.45) is 14.1 Å². The molecule has 0 radical (unpaired) electrons. The van der Waals surface area contributed by atoms with Gasteiger partial charge in [0.1, 0.15) is 9.66 Å². The third-order valence-corrected chi connectivity index (χ3v) is 9.38. The molecule has 0 fully saturated rings. The quantitative estimate of drug-likeness (QED) is 0.214. The molecule has 41 heavy (non-hydrogen) atoms. The van der Waals surface area contributed by atoms with E-state index in [9.17, 15) is 0 Å². The van der Waals surface area contributed by atoms with Gasteiger partial charge < -0.3 is 11.1 Å². The number of hydrogen-bond acceptors (Lipinski definition) is 9. The lowest BCUT2D eigenvalue weighted by atomic mass is 10.1. The van der Waals surface area contributed by atoms with Crippen molar-refractivity contribution in [1.29, 1.82) is 0 Å². The van der Waals surface area contributed by atoms with E-state index < -0.39 is 0 Å². The number of nitrogens with zero attached hydrogens (tertiary/aromatic N) is 7. The summed E-state index contributed by atoms with van der Waals surface area (Å²) in [6.07, 6.45) is 3.61. The van der Waals surface area contributed by atoms with Gasteiger partial charge in [0.15, 0.2) is 11.6 Å². The highest BCUT2D eigenvalue weighted by molar-refractivity contribution is 7.26. The first-order valence-electron chi connectivity index (χ1n) is 13.3. The van der Waals surface area contributed by atoms with Crippen LogP contribution in [-0.4, -0.2) is 34.5 Å². The average molecular weight is 606 g/mol. The van der Waals surface area contributed by atoms with Crippen LogP contribution >= 0.6 is 34.3 Å². The predicted octanol–water partition coefficient (Wildman–Crippen LogP) is 7.56. The highest BCUT2D eigenvalue weighted by Crippen LogP contribution is 2.40. The Balaban J connectivity index is 0.000000160. The molecule has 0 atom stereocenters. The summed E-state index contributed by atoms with van der Waals surface area (Å²) >= 11 is 9.51. The Morgan fingerprint density at radius 3 is 2.29 bits per heavy atom. The first kappa shape index (κ1) is 28.7. The molecule has 0 unspecified atom stereocenters. The number of rotatable bonds is 3. The maximum absolute atomic E-state index is 6.25. The van der Waals surface area contributed by atoms with Crippen molar-refractivity contribution >= 4 is 86.8 Å². The molecule has 7 rings (SSSR count). The molecular formula is C29H32ClN9S2. The Labute approximate surface area is 251 Å². The van der Waals surface area contributed by atoms with Crippen molar-refractivity contribution in [1.82, 2.24) is 34.5 Å². The number of nitrogens with one attached hydrogen (secondary N) is 1. The van der Waals surface area contributed by atoms with Gasteiger partial charge in [0.25, 0.3) is 0 Å². The molecule has 0 aliphatic carbocycles. The Morgan fingerprint density at radius 2 is 1.56 bits per heavy atom. The SMILES string of the molecule is CC.Cc1ccc2c(n1)sc1c(NCc3ccncc3)nn(C)c12.Cc1nc2sc3c(N)nn(C)c3c2c(C)c1Cl. The smallest absolute Gasteiger partial charge is 0.166 e. The molecule has 3 N–H and O–H groups in total. The third kappa shape index (κ3) is 5.20. The Hall–Kier alpha value is -3.80. The van der Waals surface area contributed by atoms with Crippen LogP contribution in [0.1, 0.15) is 36.4 Å². The second-order valence-electron chi connectivity index (χ2n) is 9.37. The summed E-state index contributed by atoms with van der Waals surface area (Å²) in [5.41, 5.74) is 12.2. The van der Waals surface area contributed by atoms with Crippen molar-refractivity contribution in [2.75, 3.05) is 11.1 Å². The van der Waals surface area contributed by atoms with Gasteiger partial charge in [-0.2, -0.15) is 10.2 Å². The normalized spacial score (nSPS) is 11.1. The van der Waals surface area contributed by atoms with Crippen molar-refractivity contribution in [3.63, 3.8) is 0 Å². The van der Waals surface area contributed by atoms with E-state index in [2.05, 4.69) is 36.5 Å². The largest absolute Gasteiger partial charge is 0.381 e. The number of pyridine rings is 3. The van der Waals surface area contributed by atoms with E-state index in [4.69, 9.17) is 17.3 Å². The van der Waals surface area contributed by atoms with Crippen LogP contribution in [0.15, 0.2) is 36.7 Å². The minimum absolute atomic E-state index is 0.554. The van der Waals surface area contributed by atoms with Crippen LogP contribution in [0.2, 0.25) is 5.02 Å². The molecule has 212 valence electrons. The maximum Gasteiger partial charge on any atom is 0.166 e. The lowest BCUT2D eigenvalue weighted by molar-refractivity contribution is 0.799. The van der Waals surface area contributed by atoms with Gasteiger partial charge in [0.05, 0.1) is 31.1 Å². The summed E-state index contributed by atoms with van der Waals surface area (Å²) in [5, 5.41) is 15.2. The molecule has 0 saturated heterocycles. The fourth-order valence-corrected chi connectivity index (χ4v) is 7.28. The number of fused-ring (bicyclic) bond motifs is 6. The second-order valence-corrected chi connectivity index (χ2v) is 11.7. The molecule has 0 aliphatic heterocycles. The van der Waals surface area contributed by atoms with Gasteiger partial charge in [0.2, 0.25) is 0 Å². The zero-order valence-corrected chi connectivity index (χ0v) is 26.5. The van der Waals surface area contributed by atoms with E-state index in [0.29, 0.717) is 5.82 Å². The van der Waals surface area contributed by atoms with Crippen LogP contribution in [0, 0.1) is 20.8 Å². The zero-order chi connectivity index (χ0) is 29.4. The van der Waals surface area contributed by atoms with Crippen molar-refractivity contribution in [2.45, 2.75) is 41.2 Å². The molecule has 0 bridgehead atoms. The molecule has 0 amide bonds. The monoisotopic (exact) mass is 605 g/mol. The molecule has 0 aromatic carbocycles. The number of anilines is 2. The number of hydrogen-bond donors (Lipinski definition) is 2. The molecule has 7 heterocycles. The van der Waals surface area contributed by atoms with Gasteiger partial charge in [-0.15, -0.1) is 22.7 Å². The standard InChI is InChI=1S/C16H15N5S.C11H11ClN4S.C2H6/c1-10-3-4-12-13-14(22-16(12)19-10)15(20-21(13)2)18-9-11-5-7-17-8-6-11;1-4-6-8-9(10(13)15-16(8)3)17-11(6)14-5(2)7(4)12;1-2/h3-8H,9H2,1-2H3,(H,18,20);1-3H3,(H2,13,15);1-2H3. The molecule has 7 aromatic heterocycles. The summed E-state index contributed by atoms with van der Waals surface area (Å²) in [6.45, 7) is 10.7. The fraction of sp³-hybridized carbons (Fsp3) is 0.276. The van der Waals surface area contributed by atoms with E-state index in [0.717, 1.165) is 75.2 Å². The van der Waals surface area contributed by atoms with Crippen LogP contribution in [0.5, 0.6) is 0 Å². The van der Waals surface area contributed by atoms with Crippen LogP contribution in [0.25, 0.3) is 40.9 Å². The van der Waals surface area contributed by atoms with Gasteiger partial charge in [-0.3, -0.25) is 14.3 Å². The molecule has 0 aliphatic rings. The van der Waals surface area contributed by atoms with E-state index >= 15 is 0 Å². The lowest BCUT2D eigenvalue weighted by Crippen LogP contribution is -2.01. The predicted molar refractivity (Wildman–Crippen MR) is 174 cm³/mol. The van der Waals surface area contributed by atoms with Gasteiger partial charge in [-0.05, 0) is 56.2 Å². The van der Waals surface area contributed by atoms with Gasteiger partial charge in [0, 0.05) is 49.5 Å². The highest BCUT2D eigenvalue weighted by Gasteiger charge is 2.19. The number of nitrogens with two attached hydrogens (primary N) is 1. The lowest BCUT2D eigenvalue weighted by Gasteiger charge is -2.03. The molecule has 0 spiro atoms. The van der Waals surface area contributed by atoms with Gasteiger partial charge in [-0.1, -0.05) is 25.4 Å². The summed E-state index contributed by atoms with van der Waals surface area (Å²) in [4.78, 5) is 15.2. The van der Waals surface area contributed by atoms with E-state index in [1.54, 1.807) is 39.7 Å². The Bertz CT molecular complexity index is 2000. The van der Waals surface area contributed by atoms with E-state index in [1.807, 2.05) is 71.6 Å². The zero-order valence-electron chi connectivity index (χ0n) is 24.1. The fourth-order valence-electron chi connectivity index (χ4n) is 4.74. The van der Waals surface area contributed by atoms with Gasteiger partial charge in [-0.25, -0.2) is 9.97 Å². The van der Waals surface area contributed by atoms with Crippen molar-refractivity contribution in [3.05, 3.63) is 64.2 Å². The number of nitrogen functional groups attached to an aromatic ring is 1. The summed E-state index contributed by atoms with van der Waals surface area (Å²) in [7, 11) is 3.87. The molecule has 0 saturated carbocycles. The van der Waals surface area contributed by atoms with Crippen LogP contribution < -0.4 is 11.1 Å². The minimum Gasteiger partial charge on any atom is -0.381 e. The summed E-state index contributed by atoms with van der Waals surface area (Å²) < 4.78 is 5.87. The van der Waals surface area contributed by atoms with Crippen molar-refractivity contribution in [3.8, 4) is 0 Å². The Kier molecular flexibility index (Phi) is 8.12. The van der Waals surface area contributed by atoms with Crippen LogP contribution in [0.4, 0.5) is 11.6 Å².